The summed E-state index contributed by atoms with van der Waals surface area (Å²) in [6.07, 6.45) is 1.35. The molecule has 2 aromatic carbocycles. The van der Waals surface area contributed by atoms with E-state index in [4.69, 9.17) is 4.74 Å². The number of carbonyl (C=O) groups excluding carboxylic acids is 2. The summed E-state index contributed by atoms with van der Waals surface area (Å²) in [7, 11) is 0. The van der Waals surface area contributed by atoms with Crippen LogP contribution in [0, 0.1) is 12.7 Å². The molecule has 8 heteroatoms. The molecular weight excluding hydrogens is 419 g/mol. The van der Waals surface area contributed by atoms with Crippen LogP contribution in [0.2, 0.25) is 0 Å². The monoisotopic (exact) mass is 436 g/mol. The van der Waals surface area contributed by atoms with Crippen molar-refractivity contribution in [3.8, 4) is 5.75 Å². The van der Waals surface area contributed by atoms with Gasteiger partial charge in [-0.15, -0.1) is 11.3 Å². The minimum atomic E-state index is -0.615. The summed E-state index contributed by atoms with van der Waals surface area (Å²) in [5, 5.41) is 0.308. The number of ketones is 1. The van der Waals surface area contributed by atoms with Gasteiger partial charge in [0, 0.05) is 11.1 Å². The molecule has 4 rings (SSSR count). The molecule has 2 aromatic heterocycles. The van der Waals surface area contributed by atoms with Gasteiger partial charge >= 0.3 is 5.97 Å². The number of carbonyl (C=O) groups is 2. The first-order valence-corrected chi connectivity index (χ1v) is 10.2. The number of fused-ring (bicyclic) bond motifs is 1. The number of halogens is 1. The van der Waals surface area contributed by atoms with E-state index in [2.05, 4.69) is 4.98 Å². The highest BCUT2D eigenvalue weighted by molar-refractivity contribution is 7.20. The standard InChI is InChI=1S/C23H17FN2O4S/c1-13-19-21(25-12-26(22(19)28)11-16-5-3-4-6-18(16)24)31-20(13)23(29)30-17-9-7-15(8-10-17)14(2)27/h3-10,12H,11H2,1-2H3. The molecular formula is C23H17FN2O4S. The fourth-order valence-corrected chi connectivity index (χ4v) is 4.20. The number of hydrogen-bond acceptors (Lipinski definition) is 6. The molecule has 0 N–H and O–H groups in total. The maximum atomic E-state index is 14.0. The van der Waals surface area contributed by atoms with Crippen molar-refractivity contribution in [1.82, 2.24) is 9.55 Å². The minimum absolute atomic E-state index is 0.0337. The van der Waals surface area contributed by atoms with E-state index in [1.807, 2.05) is 0 Å². The predicted octanol–water partition coefficient (Wildman–Crippen LogP) is 4.38. The van der Waals surface area contributed by atoms with Crippen LogP contribution >= 0.6 is 11.3 Å². The van der Waals surface area contributed by atoms with Crippen LogP contribution < -0.4 is 10.3 Å². The quantitative estimate of drug-likeness (QED) is 0.264. The number of Topliss-reactive ketones (excluding diaryl/α,β-unsaturated/α-hetero) is 1. The van der Waals surface area contributed by atoms with Crippen LogP contribution in [0.5, 0.6) is 5.75 Å². The average Bonchev–Trinajstić information content (AvgIpc) is 3.09. The highest BCUT2D eigenvalue weighted by atomic mass is 32.1. The summed E-state index contributed by atoms with van der Waals surface area (Å²) in [6.45, 7) is 3.14. The molecule has 2 heterocycles. The van der Waals surface area contributed by atoms with E-state index in [-0.39, 0.29) is 28.5 Å². The van der Waals surface area contributed by atoms with Gasteiger partial charge in [-0.2, -0.15) is 0 Å². The molecule has 0 aliphatic heterocycles. The zero-order chi connectivity index (χ0) is 22.1. The molecule has 156 valence electrons. The number of benzene rings is 2. The molecule has 0 aliphatic rings. The number of hydrogen-bond donors (Lipinski definition) is 0. The molecule has 0 fully saturated rings. The lowest BCUT2D eigenvalue weighted by atomic mass is 10.1. The topological polar surface area (TPSA) is 78.3 Å². The number of rotatable bonds is 5. The highest BCUT2D eigenvalue weighted by Gasteiger charge is 2.21. The van der Waals surface area contributed by atoms with Gasteiger partial charge in [-0.3, -0.25) is 14.2 Å². The lowest BCUT2D eigenvalue weighted by molar-refractivity contribution is 0.0739. The van der Waals surface area contributed by atoms with Crippen molar-refractivity contribution in [2.75, 3.05) is 0 Å². The van der Waals surface area contributed by atoms with Crippen molar-refractivity contribution in [3.63, 3.8) is 0 Å². The second-order valence-corrected chi connectivity index (χ2v) is 7.97. The SMILES string of the molecule is CC(=O)c1ccc(OC(=O)c2sc3ncn(Cc4ccccc4F)c(=O)c3c2C)cc1. The number of aromatic nitrogens is 2. The third-order valence-electron chi connectivity index (χ3n) is 4.87. The van der Waals surface area contributed by atoms with E-state index in [0.717, 1.165) is 11.3 Å². The fourth-order valence-electron chi connectivity index (χ4n) is 3.19. The van der Waals surface area contributed by atoms with Gasteiger partial charge in [-0.25, -0.2) is 14.2 Å². The molecule has 31 heavy (non-hydrogen) atoms. The van der Waals surface area contributed by atoms with Gasteiger partial charge < -0.3 is 4.74 Å². The molecule has 4 aromatic rings. The molecule has 0 saturated heterocycles. The second-order valence-electron chi connectivity index (χ2n) is 6.98. The molecule has 0 atom stereocenters. The van der Waals surface area contributed by atoms with Crippen LogP contribution in [0.15, 0.2) is 59.7 Å². The van der Waals surface area contributed by atoms with Gasteiger partial charge in [0.25, 0.3) is 5.56 Å². The van der Waals surface area contributed by atoms with Gasteiger partial charge in [0.05, 0.1) is 18.3 Å². The van der Waals surface area contributed by atoms with Crippen LogP contribution in [0.4, 0.5) is 4.39 Å². The van der Waals surface area contributed by atoms with Crippen LogP contribution in [0.3, 0.4) is 0 Å². The molecule has 0 saturated carbocycles. The summed E-state index contributed by atoms with van der Waals surface area (Å²) in [5.41, 5.74) is 0.988. The molecule has 0 amide bonds. The lowest BCUT2D eigenvalue weighted by Crippen LogP contribution is -2.21. The Morgan fingerprint density at radius 2 is 1.84 bits per heavy atom. The van der Waals surface area contributed by atoms with Crippen molar-refractivity contribution in [3.05, 3.63) is 92.6 Å². The molecule has 0 spiro atoms. The number of aryl methyl sites for hydroxylation is 1. The molecule has 0 aliphatic carbocycles. The van der Waals surface area contributed by atoms with Gasteiger partial charge in [-0.05, 0) is 49.7 Å². The summed E-state index contributed by atoms with van der Waals surface area (Å²) >= 11 is 1.06. The highest BCUT2D eigenvalue weighted by Crippen LogP contribution is 2.28. The molecule has 0 radical (unpaired) electrons. The number of esters is 1. The van der Waals surface area contributed by atoms with Crippen LogP contribution in [0.25, 0.3) is 10.2 Å². The molecule has 0 bridgehead atoms. The Bertz CT molecular complexity index is 1370. The van der Waals surface area contributed by atoms with Crippen molar-refractivity contribution in [2.45, 2.75) is 20.4 Å². The first-order valence-electron chi connectivity index (χ1n) is 9.40. The van der Waals surface area contributed by atoms with Gasteiger partial charge in [0.1, 0.15) is 21.3 Å². The van der Waals surface area contributed by atoms with Crippen molar-refractivity contribution in [2.24, 2.45) is 0 Å². The summed E-state index contributed by atoms with van der Waals surface area (Å²) in [6, 6.07) is 12.4. The zero-order valence-corrected chi connectivity index (χ0v) is 17.5. The van der Waals surface area contributed by atoms with Crippen molar-refractivity contribution in [1.29, 1.82) is 0 Å². The lowest BCUT2D eigenvalue weighted by Gasteiger charge is -2.06. The Kier molecular flexibility index (Phi) is 5.48. The largest absolute Gasteiger partial charge is 0.422 e. The number of nitrogens with zero attached hydrogens (tertiary/aromatic N) is 2. The molecule has 0 unspecified atom stereocenters. The smallest absolute Gasteiger partial charge is 0.354 e. The Morgan fingerprint density at radius 1 is 1.13 bits per heavy atom. The van der Waals surface area contributed by atoms with E-state index in [1.54, 1.807) is 37.3 Å². The van der Waals surface area contributed by atoms with Crippen molar-refractivity contribution < 1.29 is 18.7 Å². The normalized spacial score (nSPS) is 10.9. The molecule has 6 nitrogen and oxygen atoms in total. The Morgan fingerprint density at radius 3 is 2.52 bits per heavy atom. The third-order valence-corrected chi connectivity index (χ3v) is 6.05. The van der Waals surface area contributed by atoms with Gasteiger partial charge in [-0.1, -0.05) is 18.2 Å². The summed E-state index contributed by atoms with van der Waals surface area (Å²) in [4.78, 5) is 42.0. The average molecular weight is 436 g/mol. The fraction of sp³-hybridized carbons (Fsp3) is 0.130. The number of ether oxygens (including phenoxy) is 1. The van der Waals surface area contributed by atoms with Crippen LogP contribution in [0.1, 0.15) is 38.1 Å². The maximum Gasteiger partial charge on any atom is 0.354 e. The minimum Gasteiger partial charge on any atom is -0.422 e. The first kappa shape index (κ1) is 20.6. The van der Waals surface area contributed by atoms with Gasteiger partial charge in [0.2, 0.25) is 0 Å². The van der Waals surface area contributed by atoms with E-state index in [0.29, 0.717) is 26.9 Å². The van der Waals surface area contributed by atoms with E-state index in [9.17, 15) is 18.8 Å². The van der Waals surface area contributed by atoms with Crippen molar-refractivity contribution >= 4 is 33.3 Å². The van der Waals surface area contributed by atoms with E-state index < -0.39 is 11.8 Å². The Hall–Kier alpha value is -3.65. The van der Waals surface area contributed by atoms with Gasteiger partial charge in [0.15, 0.2) is 5.78 Å². The van der Waals surface area contributed by atoms with Crippen LogP contribution in [-0.4, -0.2) is 21.3 Å². The Labute approximate surface area is 180 Å². The third kappa shape index (κ3) is 4.02. The van der Waals surface area contributed by atoms with E-state index in [1.165, 1.54) is 36.0 Å². The Balaban J connectivity index is 1.65. The number of thiophene rings is 1. The summed E-state index contributed by atoms with van der Waals surface area (Å²) < 4.78 is 20.7. The second kappa shape index (κ2) is 8.23. The summed E-state index contributed by atoms with van der Waals surface area (Å²) in [5.74, 6) is -0.819. The zero-order valence-electron chi connectivity index (χ0n) is 16.7. The first-order chi connectivity index (χ1) is 14.8. The van der Waals surface area contributed by atoms with E-state index >= 15 is 0 Å². The maximum absolute atomic E-state index is 14.0. The van der Waals surface area contributed by atoms with Crippen LogP contribution in [-0.2, 0) is 6.54 Å². The predicted molar refractivity (Wildman–Crippen MR) is 116 cm³/mol.